The Morgan fingerprint density at radius 3 is 2.06 bits per heavy atom. The highest BCUT2D eigenvalue weighted by molar-refractivity contribution is 5.60. The van der Waals surface area contributed by atoms with Crippen LogP contribution >= 0.6 is 0 Å². The van der Waals surface area contributed by atoms with Crippen LogP contribution in [0.5, 0.6) is 0 Å². The number of hydrogen-bond donors (Lipinski definition) is 0. The van der Waals surface area contributed by atoms with Gasteiger partial charge in [0.15, 0.2) is 0 Å². The lowest BCUT2D eigenvalue weighted by Crippen LogP contribution is -2.06. The molecule has 0 spiro atoms. The van der Waals surface area contributed by atoms with Gasteiger partial charge in [-0.3, -0.25) is 10.1 Å². The van der Waals surface area contributed by atoms with Crippen molar-refractivity contribution in [2.75, 3.05) is 0 Å². The minimum absolute atomic E-state index is 0.0786. The molecule has 0 N–H and O–H groups in total. The molecule has 0 fully saturated rings. The second kappa shape index (κ2) is 5.13. The maximum absolute atomic E-state index is 11.0. The monoisotopic (exact) mass is 233 g/mol. The SMILES string of the molecule is Cc1cc(C)c(C=C(C(C)C)[N+](=O)[O-])c(C)c1. The molecule has 0 saturated heterocycles. The minimum Gasteiger partial charge on any atom is -0.259 e. The first kappa shape index (κ1) is 13.4. The highest BCUT2D eigenvalue weighted by Gasteiger charge is 2.16. The molecule has 0 aromatic heterocycles. The van der Waals surface area contributed by atoms with Crippen molar-refractivity contribution in [3.05, 3.63) is 50.2 Å². The number of nitrogens with zero attached hydrogens (tertiary/aromatic N) is 1. The van der Waals surface area contributed by atoms with Gasteiger partial charge in [-0.1, -0.05) is 31.5 Å². The number of allylic oxidation sites excluding steroid dienone is 1. The van der Waals surface area contributed by atoms with Gasteiger partial charge < -0.3 is 0 Å². The number of aryl methyl sites for hydroxylation is 3. The number of nitro groups is 1. The predicted molar refractivity (Wildman–Crippen MR) is 70.5 cm³/mol. The van der Waals surface area contributed by atoms with E-state index in [0.717, 1.165) is 16.7 Å². The summed E-state index contributed by atoms with van der Waals surface area (Å²) < 4.78 is 0. The van der Waals surface area contributed by atoms with E-state index in [9.17, 15) is 10.1 Å². The first-order valence-electron chi connectivity index (χ1n) is 5.76. The topological polar surface area (TPSA) is 43.1 Å². The highest BCUT2D eigenvalue weighted by atomic mass is 16.6. The Hall–Kier alpha value is -1.64. The zero-order valence-corrected chi connectivity index (χ0v) is 11.1. The third-order valence-corrected chi connectivity index (χ3v) is 2.83. The van der Waals surface area contributed by atoms with E-state index in [1.807, 2.05) is 34.6 Å². The van der Waals surface area contributed by atoms with Crippen LogP contribution in [0.1, 0.15) is 36.1 Å². The van der Waals surface area contributed by atoms with E-state index in [1.54, 1.807) is 6.08 Å². The molecule has 0 saturated carbocycles. The Morgan fingerprint density at radius 2 is 1.71 bits per heavy atom. The average Bonchev–Trinajstić information content (AvgIpc) is 2.14. The van der Waals surface area contributed by atoms with Gasteiger partial charge in [-0.25, -0.2) is 0 Å². The molecule has 92 valence electrons. The van der Waals surface area contributed by atoms with Crippen molar-refractivity contribution in [3.8, 4) is 0 Å². The Bertz CT molecular complexity index is 450. The van der Waals surface area contributed by atoms with Gasteiger partial charge in [0.1, 0.15) is 0 Å². The number of benzene rings is 1. The Morgan fingerprint density at radius 1 is 1.24 bits per heavy atom. The van der Waals surface area contributed by atoms with Crippen molar-refractivity contribution in [1.82, 2.24) is 0 Å². The van der Waals surface area contributed by atoms with Crippen LogP contribution < -0.4 is 0 Å². The van der Waals surface area contributed by atoms with Crippen LogP contribution in [0.3, 0.4) is 0 Å². The van der Waals surface area contributed by atoms with Crippen LogP contribution in [0.25, 0.3) is 6.08 Å². The molecule has 1 rings (SSSR count). The van der Waals surface area contributed by atoms with Gasteiger partial charge in [0, 0.05) is 12.0 Å². The van der Waals surface area contributed by atoms with Crippen molar-refractivity contribution in [2.45, 2.75) is 34.6 Å². The van der Waals surface area contributed by atoms with Gasteiger partial charge in [0.2, 0.25) is 5.70 Å². The molecule has 17 heavy (non-hydrogen) atoms. The van der Waals surface area contributed by atoms with E-state index in [1.165, 1.54) is 5.56 Å². The zero-order valence-electron chi connectivity index (χ0n) is 11.1. The molecule has 0 unspecified atom stereocenters. The van der Waals surface area contributed by atoms with E-state index >= 15 is 0 Å². The summed E-state index contributed by atoms with van der Waals surface area (Å²) in [6, 6.07) is 4.10. The van der Waals surface area contributed by atoms with Crippen LogP contribution in [0, 0.1) is 36.8 Å². The molecule has 0 heterocycles. The zero-order chi connectivity index (χ0) is 13.2. The maximum atomic E-state index is 11.0. The molecular weight excluding hydrogens is 214 g/mol. The fourth-order valence-corrected chi connectivity index (χ4v) is 2.00. The largest absolute Gasteiger partial charge is 0.259 e. The summed E-state index contributed by atoms with van der Waals surface area (Å²) in [5.41, 5.74) is 4.59. The molecule has 0 atom stereocenters. The second-order valence-electron chi connectivity index (χ2n) is 4.79. The molecule has 0 aliphatic carbocycles. The Labute approximate surface area is 102 Å². The molecule has 0 aliphatic heterocycles. The summed E-state index contributed by atoms with van der Waals surface area (Å²) in [6.07, 6.45) is 1.70. The summed E-state index contributed by atoms with van der Waals surface area (Å²) in [5, 5.41) is 11.0. The second-order valence-corrected chi connectivity index (χ2v) is 4.79. The van der Waals surface area contributed by atoms with Crippen LogP contribution in [0.2, 0.25) is 0 Å². The van der Waals surface area contributed by atoms with E-state index < -0.39 is 0 Å². The van der Waals surface area contributed by atoms with Crippen molar-refractivity contribution >= 4 is 6.08 Å². The quantitative estimate of drug-likeness (QED) is 0.587. The van der Waals surface area contributed by atoms with Crippen molar-refractivity contribution in [3.63, 3.8) is 0 Å². The third-order valence-electron chi connectivity index (χ3n) is 2.83. The van der Waals surface area contributed by atoms with Gasteiger partial charge in [0.25, 0.3) is 0 Å². The molecule has 1 aromatic carbocycles. The minimum atomic E-state index is -0.288. The normalized spacial score (nSPS) is 12.0. The van der Waals surface area contributed by atoms with Gasteiger partial charge >= 0.3 is 0 Å². The number of rotatable bonds is 3. The summed E-state index contributed by atoms with van der Waals surface area (Å²) in [6.45, 7) is 9.69. The molecule has 1 aromatic rings. The summed E-state index contributed by atoms with van der Waals surface area (Å²) in [5.74, 6) is -0.0786. The molecule has 3 heteroatoms. The molecule has 0 bridgehead atoms. The average molecular weight is 233 g/mol. The summed E-state index contributed by atoms with van der Waals surface area (Å²) in [7, 11) is 0. The molecule has 0 amide bonds. The molecule has 3 nitrogen and oxygen atoms in total. The van der Waals surface area contributed by atoms with E-state index in [0.29, 0.717) is 0 Å². The Kier molecular flexibility index (Phi) is 4.05. The smallest absolute Gasteiger partial charge is 0.249 e. The van der Waals surface area contributed by atoms with Crippen molar-refractivity contribution in [1.29, 1.82) is 0 Å². The highest BCUT2D eigenvalue weighted by Crippen LogP contribution is 2.22. The maximum Gasteiger partial charge on any atom is 0.249 e. The lowest BCUT2D eigenvalue weighted by atomic mass is 9.97. The van der Waals surface area contributed by atoms with Crippen LogP contribution in [-0.2, 0) is 0 Å². The first-order valence-corrected chi connectivity index (χ1v) is 5.76. The fraction of sp³-hybridized carbons (Fsp3) is 0.429. The van der Waals surface area contributed by atoms with Crippen LogP contribution in [0.4, 0.5) is 0 Å². The van der Waals surface area contributed by atoms with E-state index in [2.05, 4.69) is 12.1 Å². The van der Waals surface area contributed by atoms with E-state index in [-0.39, 0.29) is 16.5 Å². The lowest BCUT2D eigenvalue weighted by Gasteiger charge is -2.08. The van der Waals surface area contributed by atoms with Gasteiger partial charge in [-0.15, -0.1) is 0 Å². The van der Waals surface area contributed by atoms with Gasteiger partial charge in [-0.2, -0.15) is 0 Å². The van der Waals surface area contributed by atoms with Gasteiger partial charge in [0.05, 0.1) is 4.92 Å². The summed E-state index contributed by atoms with van der Waals surface area (Å²) in [4.78, 5) is 10.7. The van der Waals surface area contributed by atoms with Crippen LogP contribution in [-0.4, -0.2) is 4.92 Å². The third kappa shape index (κ3) is 3.16. The predicted octanol–water partition coefficient (Wildman–Crippen LogP) is 3.89. The standard InChI is InChI=1S/C14H19NO2/c1-9(2)14(15(16)17)8-13-11(4)6-10(3)7-12(13)5/h6-9H,1-5H3. The van der Waals surface area contributed by atoms with Crippen molar-refractivity contribution in [2.24, 2.45) is 5.92 Å². The van der Waals surface area contributed by atoms with Crippen LogP contribution in [0.15, 0.2) is 17.8 Å². The van der Waals surface area contributed by atoms with Crippen molar-refractivity contribution < 1.29 is 4.92 Å². The lowest BCUT2D eigenvalue weighted by molar-refractivity contribution is -0.431. The van der Waals surface area contributed by atoms with E-state index in [4.69, 9.17) is 0 Å². The Balaban J connectivity index is 3.34. The molecule has 0 aliphatic rings. The number of hydrogen-bond acceptors (Lipinski definition) is 2. The summed E-state index contributed by atoms with van der Waals surface area (Å²) >= 11 is 0. The molecular formula is C14H19NO2. The van der Waals surface area contributed by atoms with Gasteiger partial charge in [-0.05, 0) is 37.5 Å². The first-order chi connectivity index (χ1) is 7.82. The molecule has 0 radical (unpaired) electrons. The fourth-order valence-electron chi connectivity index (χ4n) is 2.00.